The number of hydrogen-bond donors (Lipinski definition) is 2. The minimum Gasteiger partial charge on any atom is -0.478 e. The van der Waals surface area contributed by atoms with Crippen molar-refractivity contribution in [2.45, 2.75) is 83.5 Å². The second-order valence-electron chi connectivity index (χ2n) is 9.48. The van der Waals surface area contributed by atoms with Gasteiger partial charge in [-0.1, -0.05) is 67.5 Å². The fraction of sp³-hybridized carbons (Fsp3) is 0.467. The van der Waals surface area contributed by atoms with E-state index < -0.39 is 35.4 Å². The Bertz CT molecular complexity index is 1210. The van der Waals surface area contributed by atoms with Crippen LogP contribution in [-0.4, -0.2) is 27.1 Å². The Morgan fingerprint density at radius 1 is 0.780 bits per heavy atom. The lowest BCUT2D eigenvalue weighted by Gasteiger charge is -2.25. The van der Waals surface area contributed by atoms with Crippen LogP contribution in [0.25, 0.3) is 5.57 Å². The maximum Gasteiger partial charge on any atom is 0.417 e. The van der Waals surface area contributed by atoms with Gasteiger partial charge in [0.1, 0.15) is 0 Å². The molecule has 0 bridgehead atoms. The molecule has 2 aromatic rings. The Morgan fingerprint density at radius 3 is 1.76 bits per heavy atom. The van der Waals surface area contributed by atoms with E-state index in [1.807, 2.05) is 11.0 Å². The van der Waals surface area contributed by atoms with Crippen molar-refractivity contribution in [1.29, 1.82) is 0 Å². The van der Waals surface area contributed by atoms with Gasteiger partial charge in [-0.2, -0.15) is 26.3 Å². The zero-order valence-corrected chi connectivity index (χ0v) is 24.0. The molecule has 0 radical (unpaired) electrons. The number of carbonyl (C=O) groups is 2. The van der Waals surface area contributed by atoms with Crippen molar-refractivity contribution in [3.05, 3.63) is 75.9 Å². The summed E-state index contributed by atoms with van der Waals surface area (Å²) in [6.45, 7) is 0. The summed E-state index contributed by atoms with van der Waals surface area (Å²) in [5.41, 5.74) is -1.29. The van der Waals surface area contributed by atoms with E-state index in [0.717, 1.165) is 57.4 Å². The van der Waals surface area contributed by atoms with Gasteiger partial charge in [0.2, 0.25) is 0 Å². The van der Waals surface area contributed by atoms with Crippen LogP contribution < -0.4 is 0 Å². The molecule has 2 aliphatic carbocycles. The summed E-state index contributed by atoms with van der Waals surface area (Å²) in [6, 6.07) is 6.56. The SMILES string of the molecule is C.CI.O=C(O)c1ccc(C2=CCCCC2)c(C(F)(F)F)c1.O=C(O)c1ccc(C2CCCCC2)c(C(F)(F)F)c1.[HH]. The van der Waals surface area contributed by atoms with Gasteiger partial charge < -0.3 is 10.2 Å². The van der Waals surface area contributed by atoms with Gasteiger partial charge in [0.25, 0.3) is 0 Å². The average Bonchev–Trinajstić information content (AvgIpc) is 2.94. The molecule has 2 aliphatic rings. The average molecular weight is 703 g/mol. The van der Waals surface area contributed by atoms with E-state index in [1.165, 1.54) is 24.3 Å². The van der Waals surface area contributed by atoms with Crippen molar-refractivity contribution < 1.29 is 47.6 Å². The molecule has 0 aromatic heterocycles. The number of carboxylic acids is 2. The van der Waals surface area contributed by atoms with Gasteiger partial charge in [-0.3, -0.25) is 0 Å². The molecule has 11 heteroatoms. The largest absolute Gasteiger partial charge is 0.478 e. The summed E-state index contributed by atoms with van der Waals surface area (Å²) >= 11 is 2.15. The first-order chi connectivity index (χ1) is 18.8. The van der Waals surface area contributed by atoms with E-state index in [-0.39, 0.29) is 37.0 Å². The molecule has 0 heterocycles. The van der Waals surface area contributed by atoms with Gasteiger partial charge >= 0.3 is 24.3 Å². The monoisotopic (exact) mass is 702 g/mol. The maximum absolute atomic E-state index is 13.1. The molecule has 0 atom stereocenters. The number of allylic oxidation sites excluding steroid dienone is 2. The van der Waals surface area contributed by atoms with Crippen molar-refractivity contribution in [3.63, 3.8) is 0 Å². The minimum absolute atomic E-state index is 0. The fourth-order valence-corrected chi connectivity index (χ4v) is 4.98. The molecule has 4 rings (SSSR count). The Morgan fingerprint density at radius 2 is 1.29 bits per heavy atom. The number of halogens is 7. The van der Waals surface area contributed by atoms with Crippen LogP contribution in [0, 0.1) is 0 Å². The third kappa shape index (κ3) is 10.3. The van der Waals surface area contributed by atoms with Crippen LogP contribution in [0.4, 0.5) is 26.3 Å². The van der Waals surface area contributed by atoms with E-state index >= 15 is 0 Å². The smallest absolute Gasteiger partial charge is 0.417 e. The van der Waals surface area contributed by atoms with E-state index in [0.29, 0.717) is 18.1 Å². The number of benzene rings is 2. The van der Waals surface area contributed by atoms with Crippen LogP contribution >= 0.6 is 22.6 Å². The molecule has 1 saturated carbocycles. The predicted molar refractivity (Wildman–Crippen MR) is 158 cm³/mol. The highest BCUT2D eigenvalue weighted by Crippen LogP contribution is 2.41. The number of aromatic carboxylic acids is 2. The van der Waals surface area contributed by atoms with Gasteiger partial charge in [-0.15, -0.1) is 0 Å². The van der Waals surface area contributed by atoms with Crippen molar-refractivity contribution in [2.75, 3.05) is 4.93 Å². The maximum atomic E-state index is 13.1. The summed E-state index contributed by atoms with van der Waals surface area (Å²) < 4.78 is 78.2. The highest BCUT2D eigenvalue weighted by molar-refractivity contribution is 14.1. The van der Waals surface area contributed by atoms with E-state index in [2.05, 4.69) is 22.6 Å². The number of hydrogen-bond acceptors (Lipinski definition) is 2. The Hall–Kier alpha value is -2.57. The normalized spacial score (nSPS) is 15.7. The first-order valence-electron chi connectivity index (χ1n) is 12.7. The van der Waals surface area contributed by atoms with Crippen LogP contribution in [-0.2, 0) is 12.4 Å². The molecule has 0 saturated heterocycles. The van der Waals surface area contributed by atoms with Crippen molar-refractivity contribution in [2.24, 2.45) is 0 Å². The zero-order valence-electron chi connectivity index (χ0n) is 21.8. The lowest BCUT2D eigenvalue weighted by Crippen LogP contribution is -2.15. The van der Waals surface area contributed by atoms with E-state index in [1.54, 1.807) is 0 Å². The van der Waals surface area contributed by atoms with Gasteiger partial charge in [0.05, 0.1) is 22.3 Å². The molecule has 1 fully saturated rings. The third-order valence-corrected chi connectivity index (χ3v) is 6.86. The lowest BCUT2D eigenvalue weighted by atomic mass is 9.81. The van der Waals surface area contributed by atoms with Crippen molar-refractivity contribution in [1.82, 2.24) is 0 Å². The molecule has 4 nitrogen and oxygen atoms in total. The first-order valence-corrected chi connectivity index (χ1v) is 14.9. The van der Waals surface area contributed by atoms with E-state index in [4.69, 9.17) is 10.2 Å². The number of carboxylic acid groups (broad SMARTS) is 2. The number of alkyl halides is 7. The first kappa shape index (κ1) is 36.5. The standard InChI is InChI=1S/C14H15F3O2.C14H13F3O2.CH3I.CH4.H2/c2*15-14(16,17)12-8-10(13(18)19)6-7-11(12)9-4-2-1-3-5-9;1-2;;/h6-9H,1-5H2,(H,18,19);4,6-8H,1-3,5H2,(H,18,19);1H3;1H4;1H. The van der Waals surface area contributed by atoms with Crippen LogP contribution in [0.1, 0.15) is 116 Å². The topological polar surface area (TPSA) is 74.6 Å². The van der Waals surface area contributed by atoms with Crippen molar-refractivity contribution >= 4 is 40.1 Å². The highest BCUT2D eigenvalue weighted by atomic mass is 127. The molecule has 0 unspecified atom stereocenters. The zero-order chi connectivity index (χ0) is 30.1. The summed E-state index contributed by atoms with van der Waals surface area (Å²) in [7, 11) is 0. The number of rotatable bonds is 4. The van der Waals surface area contributed by atoms with Crippen LogP contribution in [0.2, 0.25) is 0 Å². The molecule has 230 valence electrons. The summed E-state index contributed by atoms with van der Waals surface area (Å²) in [5, 5.41) is 17.6. The summed E-state index contributed by atoms with van der Waals surface area (Å²) in [4.78, 5) is 23.6. The molecular weight excluding hydrogens is 665 g/mol. The molecule has 2 aromatic carbocycles. The second kappa shape index (κ2) is 16.2. The predicted octanol–water partition coefficient (Wildman–Crippen LogP) is 10.7. The quantitative estimate of drug-likeness (QED) is 0.189. The van der Waals surface area contributed by atoms with E-state index in [9.17, 15) is 35.9 Å². The minimum atomic E-state index is -4.54. The van der Waals surface area contributed by atoms with Crippen molar-refractivity contribution in [3.8, 4) is 0 Å². The molecular formula is C30H37F6IO4. The molecule has 2 N–H and O–H groups in total. The molecule has 0 aliphatic heterocycles. The molecule has 0 spiro atoms. The summed E-state index contributed by atoms with van der Waals surface area (Å²) in [5.74, 6) is -2.79. The Kier molecular flexibility index (Phi) is 14.4. The Labute approximate surface area is 251 Å². The van der Waals surface area contributed by atoms with Crippen LogP contribution in [0.3, 0.4) is 0 Å². The lowest BCUT2D eigenvalue weighted by molar-refractivity contribution is -0.139. The van der Waals surface area contributed by atoms with Crippen LogP contribution in [0.15, 0.2) is 42.5 Å². The molecule has 0 amide bonds. The Balaban J connectivity index is 0.000000723. The molecule has 41 heavy (non-hydrogen) atoms. The highest BCUT2D eigenvalue weighted by Gasteiger charge is 2.37. The summed E-state index contributed by atoms with van der Waals surface area (Å²) in [6.07, 6.45) is 0.415. The fourth-order valence-electron chi connectivity index (χ4n) is 4.98. The van der Waals surface area contributed by atoms with Crippen LogP contribution in [0.5, 0.6) is 0 Å². The van der Waals surface area contributed by atoms with Gasteiger partial charge in [0.15, 0.2) is 0 Å². The third-order valence-electron chi connectivity index (χ3n) is 6.86. The van der Waals surface area contributed by atoms with Gasteiger partial charge in [-0.05, 0) is 90.3 Å². The van der Waals surface area contributed by atoms with Gasteiger partial charge in [-0.25, -0.2) is 9.59 Å². The van der Waals surface area contributed by atoms with Gasteiger partial charge in [0, 0.05) is 1.43 Å². The second-order valence-corrected chi connectivity index (χ2v) is 9.48.